The number of hydrogen-bond donors (Lipinski definition) is 0. The van der Waals surface area contributed by atoms with Gasteiger partial charge in [0.15, 0.2) is 0 Å². The Labute approximate surface area is 108 Å². The molecule has 0 N–H and O–H groups in total. The van der Waals surface area contributed by atoms with Gasteiger partial charge in [0.1, 0.15) is 11.5 Å². The lowest BCUT2D eigenvalue weighted by Gasteiger charge is -2.15. The largest absolute Gasteiger partial charge is 0.497 e. The van der Waals surface area contributed by atoms with Gasteiger partial charge in [0, 0.05) is 0 Å². The average molecular weight is 252 g/mol. The van der Waals surface area contributed by atoms with Crippen LogP contribution in [0.3, 0.4) is 0 Å². The summed E-state index contributed by atoms with van der Waals surface area (Å²) in [5, 5.41) is 0. The highest BCUT2D eigenvalue weighted by atomic mass is 16.5. The fourth-order valence-electron chi connectivity index (χ4n) is 1.87. The zero-order chi connectivity index (χ0) is 13.5. The number of carbonyl (C=O) groups excluding carboxylic acids is 1. The van der Waals surface area contributed by atoms with E-state index in [0.29, 0.717) is 6.42 Å². The van der Waals surface area contributed by atoms with Crippen molar-refractivity contribution >= 4 is 5.97 Å². The van der Waals surface area contributed by atoms with Gasteiger partial charge in [-0.25, -0.2) is 0 Å². The molecule has 1 aromatic rings. The van der Waals surface area contributed by atoms with Crippen LogP contribution in [-0.4, -0.2) is 27.3 Å². The molecule has 4 nitrogen and oxygen atoms in total. The van der Waals surface area contributed by atoms with Crippen LogP contribution in [0.4, 0.5) is 0 Å². The van der Waals surface area contributed by atoms with E-state index in [1.54, 1.807) is 14.2 Å². The van der Waals surface area contributed by atoms with Gasteiger partial charge in [-0.2, -0.15) is 0 Å². The van der Waals surface area contributed by atoms with Crippen LogP contribution in [-0.2, 0) is 16.0 Å². The molecule has 1 atom stereocenters. The molecular formula is C14H20O4. The minimum atomic E-state index is -0.192. The Hall–Kier alpha value is -1.71. The van der Waals surface area contributed by atoms with Crippen LogP contribution in [0.2, 0.25) is 0 Å². The van der Waals surface area contributed by atoms with Crippen molar-refractivity contribution in [3.8, 4) is 11.5 Å². The first-order chi connectivity index (χ1) is 8.65. The van der Waals surface area contributed by atoms with E-state index >= 15 is 0 Å². The summed E-state index contributed by atoms with van der Waals surface area (Å²) < 4.78 is 15.3. The minimum absolute atomic E-state index is 0.156. The van der Waals surface area contributed by atoms with Gasteiger partial charge in [-0.1, -0.05) is 6.92 Å². The van der Waals surface area contributed by atoms with E-state index in [0.717, 1.165) is 23.5 Å². The molecule has 0 spiro atoms. The van der Waals surface area contributed by atoms with Crippen LogP contribution in [0, 0.1) is 5.92 Å². The van der Waals surface area contributed by atoms with Crippen LogP contribution >= 0.6 is 0 Å². The Morgan fingerprint density at radius 2 is 1.94 bits per heavy atom. The Kier molecular flexibility index (Phi) is 5.49. The van der Waals surface area contributed by atoms with Gasteiger partial charge in [0.25, 0.3) is 0 Å². The number of rotatable bonds is 6. The third-order valence-corrected chi connectivity index (χ3v) is 2.98. The number of esters is 1. The average Bonchev–Trinajstić information content (AvgIpc) is 2.43. The van der Waals surface area contributed by atoms with Crippen molar-refractivity contribution in [3.05, 3.63) is 23.8 Å². The van der Waals surface area contributed by atoms with Crippen molar-refractivity contribution in [1.29, 1.82) is 0 Å². The molecule has 4 heteroatoms. The molecule has 1 aromatic carbocycles. The van der Waals surface area contributed by atoms with Gasteiger partial charge >= 0.3 is 5.97 Å². The summed E-state index contributed by atoms with van der Waals surface area (Å²) in [5.41, 5.74) is 0.953. The summed E-state index contributed by atoms with van der Waals surface area (Å²) >= 11 is 0. The van der Waals surface area contributed by atoms with E-state index < -0.39 is 0 Å². The molecule has 0 saturated carbocycles. The predicted octanol–water partition coefficient (Wildman–Crippen LogP) is 2.45. The number of methoxy groups -OCH3 is 3. The van der Waals surface area contributed by atoms with Crippen LogP contribution < -0.4 is 9.47 Å². The van der Waals surface area contributed by atoms with Crippen molar-refractivity contribution < 1.29 is 19.0 Å². The van der Waals surface area contributed by atoms with E-state index in [4.69, 9.17) is 14.2 Å². The minimum Gasteiger partial charge on any atom is -0.497 e. The molecule has 1 rings (SSSR count). The summed E-state index contributed by atoms with van der Waals surface area (Å²) in [4.78, 5) is 11.6. The molecule has 0 aliphatic carbocycles. The third kappa shape index (κ3) is 3.39. The van der Waals surface area contributed by atoms with Crippen LogP contribution in [0.5, 0.6) is 11.5 Å². The second-order valence-corrected chi connectivity index (χ2v) is 4.01. The van der Waals surface area contributed by atoms with E-state index in [-0.39, 0.29) is 11.9 Å². The fraction of sp³-hybridized carbons (Fsp3) is 0.500. The van der Waals surface area contributed by atoms with Crippen molar-refractivity contribution in [1.82, 2.24) is 0 Å². The van der Waals surface area contributed by atoms with Gasteiger partial charge < -0.3 is 14.2 Å². The molecule has 0 saturated heterocycles. The van der Waals surface area contributed by atoms with Crippen molar-refractivity contribution in [2.75, 3.05) is 21.3 Å². The molecule has 0 amide bonds. The van der Waals surface area contributed by atoms with Crippen molar-refractivity contribution in [2.24, 2.45) is 5.92 Å². The lowest BCUT2D eigenvalue weighted by molar-refractivity contribution is -0.145. The van der Waals surface area contributed by atoms with Gasteiger partial charge in [-0.15, -0.1) is 0 Å². The molecule has 0 radical (unpaired) electrons. The van der Waals surface area contributed by atoms with E-state index in [1.807, 2.05) is 25.1 Å². The van der Waals surface area contributed by atoms with Gasteiger partial charge in [0.2, 0.25) is 0 Å². The normalized spacial score (nSPS) is 11.8. The van der Waals surface area contributed by atoms with Crippen LogP contribution in [0.15, 0.2) is 18.2 Å². The quantitative estimate of drug-likeness (QED) is 0.729. The second kappa shape index (κ2) is 6.89. The lowest BCUT2D eigenvalue weighted by atomic mass is 9.96. The highest BCUT2D eigenvalue weighted by molar-refractivity contribution is 5.72. The zero-order valence-corrected chi connectivity index (χ0v) is 11.4. The summed E-state index contributed by atoms with van der Waals surface area (Å²) in [6.45, 7) is 1.97. The number of ether oxygens (including phenoxy) is 3. The van der Waals surface area contributed by atoms with Crippen LogP contribution in [0.25, 0.3) is 0 Å². The smallest absolute Gasteiger partial charge is 0.308 e. The number of benzene rings is 1. The van der Waals surface area contributed by atoms with Gasteiger partial charge in [0.05, 0.1) is 27.2 Å². The zero-order valence-electron chi connectivity index (χ0n) is 11.4. The Morgan fingerprint density at radius 1 is 1.22 bits per heavy atom. The summed E-state index contributed by atoms with van der Waals surface area (Å²) in [6, 6.07) is 5.57. The molecule has 0 aliphatic rings. The molecule has 0 bridgehead atoms. The molecule has 0 aromatic heterocycles. The second-order valence-electron chi connectivity index (χ2n) is 4.01. The maximum atomic E-state index is 11.6. The molecule has 0 heterocycles. The van der Waals surface area contributed by atoms with Crippen LogP contribution in [0.1, 0.15) is 18.9 Å². The summed E-state index contributed by atoms with van der Waals surface area (Å²) in [6.07, 6.45) is 1.32. The maximum Gasteiger partial charge on any atom is 0.308 e. The van der Waals surface area contributed by atoms with Gasteiger partial charge in [-0.05, 0) is 36.6 Å². The first-order valence-corrected chi connectivity index (χ1v) is 5.95. The molecular weight excluding hydrogens is 232 g/mol. The van der Waals surface area contributed by atoms with Gasteiger partial charge in [-0.3, -0.25) is 4.79 Å². The first-order valence-electron chi connectivity index (χ1n) is 5.95. The van der Waals surface area contributed by atoms with E-state index in [9.17, 15) is 4.79 Å². The molecule has 0 aliphatic heterocycles. The topological polar surface area (TPSA) is 44.8 Å². The Balaban J connectivity index is 2.96. The van der Waals surface area contributed by atoms with E-state index in [1.165, 1.54) is 7.11 Å². The fourth-order valence-corrected chi connectivity index (χ4v) is 1.87. The summed E-state index contributed by atoms with van der Waals surface area (Å²) in [5.74, 6) is 1.17. The number of hydrogen-bond acceptors (Lipinski definition) is 4. The van der Waals surface area contributed by atoms with E-state index in [2.05, 4.69) is 0 Å². The lowest BCUT2D eigenvalue weighted by Crippen LogP contribution is -2.18. The first kappa shape index (κ1) is 14.4. The SMILES string of the molecule is CCC(Cc1cc(OC)ccc1OC)C(=O)OC. The Bertz CT molecular complexity index is 401. The standard InChI is InChI=1S/C14H20O4/c1-5-10(14(15)18-4)8-11-9-12(16-2)6-7-13(11)17-3/h6-7,9-10H,5,8H2,1-4H3. The molecule has 18 heavy (non-hydrogen) atoms. The Morgan fingerprint density at radius 3 is 2.44 bits per heavy atom. The molecule has 0 fully saturated rings. The maximum absolute atomic E-state index is 11.6. The molecule has 1 unspecified atom stereocenters. The highest BCUT2D eigenvalue weighted by Gasteiger charge is 2.19. The highest BCUT2D eigenvalue weighted by Crippen LogP contribution is 2.27. The molecule has 100 valence electrons. The van der Waals surface area contributed by atoms with Crippen molar-refractivity contribution in [3.63, 3.8) is 0 Å². The van der Waals surface area contributed by atoms with Crippen molar-refractivity contribution in [2.45, 2.75) is 19.8 Å². The number of carbonyl (C=O) groups is 1. The third-order valence-electron chi connectivity index (χ3n) is 2.98. The monoisotopic (exact) mass is 252 g/mol. The predicted molar refractivity (Wildman–Crippen MR) is 69.0 cm³/mol. The summed E-state index contributed by atoms with van der Waals surface area (Å²) in [7, 11) is 4.64.